The van der Waals surface area contributed by atoms with Gasteiger partial charge in [0.15, 0.2) is 6.10 Å². The lowest BCUT2D eigenvalue weighted by Crippen LogP contribution is -2.50. The minimum absolute atomic E-state index is 0.0806. The number of nitrogens with zero attached hydrogens (tertiary/aromatic N) is 5. The van der Waals surface area contributed by atoms with Crippen LogP contribution in [0, 0.1) is 23.0 Å². The molecule has 306 valence electrons. The number of esters is 1. The number of hydrogen-bond donors (Lipinski definition) is 0. The summed E-state index contributed by atoms with van der Waals surface area (Å²) in [6, 6.07) is 11.3. The lowest BCUT2D eigenvalue weighted by Gasteiger charge is -2.43. The van der Waals surface area contributed by atoms with Crippen molar-refractivity contribution in [2.75, 3.05) is 19.6 Å². The molecule has 0 spiro atoms. The van der Waals surface area contributed by atoms with Crippen molar-refractivity contribution in [3.63, 3.8) is 0 Å². The van der Waals surface area contributed by atoms with Crippen LogP contribution in [0.15, 0.2) is 59.1 Å². The third-order valence-corrected chi connectivity index (χ3v) is 10.6. The van der Waals surface area contributed by atoms with E-state index in [0.29, 0.717) is 0 Å². The van der Waals surface area contributed by atoms with Crippen molar-refractivity contribution in [3.8, 4) is 11.3 Å². The van der Waals surface area contributed by atoms with E-state index in [1.807, 2.05) is 44.2 Å². The Bertz CT molecular complexity index is 1880. The average molecular weight is 802 g/mol. The van der Waals surface area contributed by atoms with Crippen molar-refractivity contribution in [1.82, 2.24) is 19.4 Å². The molecule has 3 unspecified atom stereocenters. The fraction of sp³-hybridized carbons (Fsp3) is 0.537. The van der Waals surface area contributed by atoms with Gasteiger partial charge in [-0.2, -0.15) is 0 Å². The molecule has 4 rings (SSSR count). The molecule has 56 heavy (non-hydrogen) atoms. The molecule has 0 aliphatic carbocycles. The van der Waals surface area contributed by atoms with Gasteiger partial charge in [-0.3, -0.25) is 9.59 Å². The molecule has 2 amide bonds. The summed E-state index contributed by atoms with van der Waals surface area (Å²) >= 11 is -1.61. The van der Waals surface area contributed by atoms with Gasteiger partial charge in [0.1, 0.15) is 45.3 Å². The lowest BCUT2D eigenvalue weighted by atomic mass is 9.79. The van der Waals surface area contributed by atoms with Crippen molar-refractivity contribution in [3.05, 3.63) is 77.8 Å². The van der Waals surface area contributed by atoms with E-state index < -0.39 is 81.0 Å². The lowest BCUT2D eigenvalue weighted by molar-refractivity contribution is -0.161. The SMILES string of the molecule is CC(=O)O[C@@H](C)C(=O)N(CC1CN(C(=O)OC(C)(C)C)CC1F)[C@@H](c1nc(-c2cc(F)ccc2F)cn1Cc1ccccc1)C(C)(C)C/C=N/[S+]([O-])C(C)(C)C. The molecule has 1 aliphatic heterocycles. The molecule has 2 aromatic carbocycles. The van der Waals surface area contributed by atoms with E-state index in [4.69, 9.17) is 14.5 Å². The van der Waals surface area contributed by atoms with Crippen LogP contribution in [0.3, 0.4) is 0 Å². The zero-order valence-electron chi connectivity index (χ0n) is 33.8. The average Bonchev–Trinajstić information content (AvgIpc) is 3.66. The van der Waals surface area contributed by atoms with Gasteiger partial charge in [0.25, 0.3) is 5.91 Å². The van der Waals surface area contributed by atoms with Crippen molar-refractivity contribution in [2.24, 2.45) is 15.7 Å². The molecular formula is C41H54F3N5O6S. The van der Waals surface area contributed by atoms with Crippen molar-refractivity contribution in [2.45, 2.75) is 111 Å². The van der Waals surface area contributed by atoms with Crippen molar-refractivity contribution in [1.29, 1.82) is 0 Å². The standard InChI is InChI=1S/C41H54F3N5O6S/c1-26(54-27(2)50)37(51)49(23-29-22-48(24-33(29)44)38(52)55-39(3,4)5)35(41(9,10)18-19-45-56(53)40(6,7)8)36-46-34(31-20-30(42)16-17-32(31)43)25-47(36)21-28-14-12-11-13-15-28/h11-17,19-20,25-26,29,33,35H,18,21-24H2,1-10H3/b45-19+/t26-,29?,33?,35-,56?/m0/s1. The fourth-order valence-corrected chi connectivity index (χ4v) is 7.01. The molecule has 15 heteroatoms. The molecule has 11 nitrogen and oxygen atoms in total. The summed E-state index contributed by atoms with van der Waals surface area (Å²) in [5, 5.41) is 0. The number of amides is 2. The number of imidazole rings is 1. The Kier molecular flexibility index (Phi) is 14.1. The van der Waals surface area contributed by atoms with E-state index in [-0.39, 0.29) is 49.7 Å². The summed E-state index contributed by atoms with van der Waals surface area (Å²) in [5.41, 5.74) is -1.07. The summed E-state index contributed by atoms with van der Waals surface area (Å²) < 4.78 is 75.3. The normalized spacial score (nSPS) is 18.1. The second-order valence-electron chi connectivity index (χ2n) is 16.9. The van der Waals surface area contributed by atoms with Crippen molar-refractivity contribution >= 4 is 35.5 Å². The van der Waals surface area contributed by atoms with Gasteiger partial charge in [0, 0.05) is 44.2 Å². The van der Waals surface area contributed by atoms with E-state index in [2.05, 4.69) is 4.40 Å². The van der Waals surface area contributed by atoms with Gasteiger partial charge in [-0.25, -0.2) is 22.9 Å². The van der Waals surface area contributed by atoms with Crippen LogP contribution in [-0.2, 0) is 37.0 Å². The summed E-state index contributed by atoms with van der Waals surface area (Å²) in [4.78, 5) is 47.5. The molecule has 0 saturated carbocycles. The smallest absolute Gasteiger partial charge is 0.410 e. The van der Waals surface area contributed by atoms with Gasteiger partial charge in [0.05, 0.1) is 24.5 Å². The number of carbonyl (C=O) groups excluding carboxylic acids is 3. The van der Waals surface area contributed by atoms with Crippen LogP contribution in [0.25, 0.3) is 11.3 Å². The first kappa shape index (κ1) is 44.3. The summed E-state index contributed by atoms with van der Waals surface area (Å²) in [5.74, 6) is -3.47. The van der Waals surface area contributed by atoms with E-state index in [1.165, 1.54) is 29.9 Å². The number of likely N-dealkylation sites (tertiary alicyclic amines) is 1. The van der Waals surface area contributed by atoms with Gasteiger partial charge in [-0.05, 0) is 84.1 Å². The zero-order valence-corrected chi connectivity index (χ0v) is 34.7. The zero-order chi connectivity index (χ0) is 41.7. The predicted octanol–water partition coefficient (Wildman–Crippen LogP) is 7.85. The summed E-state index contributed by atoms with van der Waals surface area (Å²) in [6.45, 7) is 16.3. The Labute approximate surface area is 331 Å². The quantitative estimate of drug-likeness (QED) is 0.0978. The number of hydrogen-bond acceptors (Lipinski definition) is 8. The molecule has 3 aromatic rings. The molecule has 1 aliphatic rings. The summed E-state index contributed by atoms with van der Waals surface area (Å²) in [6.07, 6.45) is -0.381. The second kappa shape index (κ2) is 17.8. The Balaban J connectivity index is 1.95. The third-order valence-electron chi connectivity index (χ3n) is 9.23. The van der Waals surface area contributed by atoms with Crippen molar-refractivity contribution < 1.29 is 41.6 Å². The van der Waals surface area contributed by atoms with Gasteiger partial charge in [-0.15, -0.1) is 0 Å². The number of aromatic nitrogens is 2. The number of carbonyl (C=O) groups is 3. The number of ether oxygens (including phenoxy) is 2. The summed E-state index contributed by atoms with van der Waals surface area (Å²) in [7, 11) is 0. The first-order valence-corrected chi connectivity index (χ1v) is 19.7. The third kappa shape index (κ3) is 11.6. The first-order chi connectivity index (χ1) is 26.0. The molecular weight excluding hydrogens is 748 g/mol. The predicted molar refractivity (Wildman–Crippen MR) is 210 cm³/mol. The van der Waals surface area contributed by atoms with E-state index in [0.717, 1.165) is 23.8 Å². The van der Waals surface area contributed by atoms with Crippen LogP contribution in [0.4, 0.5) is 18.0 Å². The highest BCUT2D eigenvalue weighted by molar-refractivity contribution is 7.91. The minimum atomic E-state index is -1.61. The monoisotopic (exact) mass is 801 g/mol. The molecule has 1 aromatic heterocycles. The Morgan fingerprint density at radius 2 is 1.71 bits per heavy atom. The Morgan fingerprint density at radius 3 is 2.32 bits per heavy atom. The maximum absolute atomic E-state index is 16.1. The molecule has 1 saturated heterocycles. The minimum Gasteiger partial charge on any atom is -0.591 e. The molecule has 5 atom stereocenters. The second-order valence-corrected chi connectivity index (χ2v) is 18.8. The highest BCUT2D eigenvalue weighted by Gasteiger charge is 2.46. The molecule has 2 heterocycles. The van der Waals surface area contributed by atoms with Gasteiger partial charge >= 0.3 is 12.1 Å². The largest absolute Gasteiger partial charge is 0.591 e. The van der Waals surface area contributed by atoms with Crippen LogP contribution in [-0.4, -0.2) is 90.3 Å². The van der Waals surface area contributed by atoms with Crippen LogP contribution < -0.4 is 0 Å². The molecule has 0 radical (unpaired) electrons. The highest BCUT2D eigenvalue weighted by atomic mass is 32.2. The first-order valence-electron chi connectivity index (χ1n) is 18.6. The van der Waals surface area contributed by atoms with Gasteiger partial charge in [-0.1, -0.05) is 48.6 Å². The van der Waals surface area contributed by atoms with E-state index in [9.17, 15) is 23.3 Å². The van der Waals surface area contributed by atoms with Gasteiger partial charge in [0.2, 0.25) is 0 Å². The number of halogens is 3. The van der Waals surface area contributed by atoms with E-state index in [1.54, 1.807) is 52.3 Å². The number of rotatable bonds is 13. The Hall–Kier alpha value is -4.37. The van der Waals surface area contributed by atoms with Crippen LogP contribution in [0.1, 0.15) is 93.1 Å². The maximum atomic E-state index is 16.1. The van der Waals surface area contributed by atoms with Crippen LogP contribution in [0.2, 0.25) is 0 Å². The molecule has 1 fully saturated rings. The van der Waals surface area contributed by atoms with E-state index >= 15 is 8.78 Å². The Morgan fingerprint density at radius 1 is 1.05 bits per heavy atom. The topological polar surface area (TPSA) is 129 Å². The number of alkyl halides is 1. The number of benzene rings is 2. The van der Waals surface area contributed by atoms with Crippen LogP contribution >= 0.6 is 0 Å². The molecule has 0 N–H and O–H groups in total. The molecule has 0 bridgehead atoms. The maximum Gasteiger partial charge on any atom is 0.410 e. The highest BCUT2D eigenvalue weighted by Crippen LogP contribution is 2.43. The van der Waals surface area contributed by atoms with Gasteiger partial charge < -0.3 is 28.4 Å². The fourth-order valence-electron chi connectivity index (χ4n) is 6.49. The van der Waals surface area contributed by atoms with Crippen LogP contribution in [0.5, 0.6) is 0 Å².